The summed E-state index contributed by atoms with van der Waals surface area (Å²) in [5.74, 6) is -0.804. The Bertz CT molecular complexity index is 913. The zero-order valence-electron chi connectivity index (χ0n) is 16.3. The van der Waals surface area contributed by atoms with Crippen LogP contribution < -0.4 is 5.32 Å². The minimum Gasteiger partial charge on any atom is -0.378 e. The van der Waals surface area contributed by atoms with Gasteiger partial charge in [0.2, 0.25) is 5.91 Å². The first-order valence-corrected chi connectivity index (χ1v) is 9.32. The lowest BCUT2D eigenvalue weighted by molar-refractivity contribution is -0.389. The van der Waals surface area contributed by atoms with E-state index in [1.807, 2.05) is 6.92 Å². The fraction of sp³-hybridized carbons (Fsp3) is 0.529. The number of carbonyl (C=O) groups excluding carboxylic acids is 2. The molecule has 0 aliphatic carbocycles. The number of aromatic nitrogens is 4. The Kier molecular flexibility index (Phi) is 6.22. The molecule has 0 unspecified atom stereocenters. The molecule has 2 amide bonds. The predicted molar refractivity (Wildman–Crippen MR) is 101 cm³/mol. The molecule has 1 aliphatic rings. The van der Waals surface area contributed by atoms with Crippen molar-refractivity contribution < 1.29 is 19.2 Å². The van der Waals surface area contributed by atoms with Crippen molar-refractivity contribution >= 4 is 23.3 Å². The van der Waals surface area contributed by atoms with Gasteiger partial charge in [0.15, 0.2) is 0 Å². The zero-order chi connectivity index (χ0) is 21.0. The maximum Gasteiger partial charge on any atom is 0.390 e. The number of morpholine rings is 1. The number of nitro groups is 1. The van der Waals surface area contributed by atoms with Crippen molar-refractivity contribution in [3.05, 3.63) is 33.8 Å². The Morgan fingerprint density at radius 2 is 2.03 bits per heavy atom. The highest BCUT2D eigenvalue weighted by Crippen LogP contribution is 2.19. The van der Waals surface area contributed by atoms with E-state index in [0.29, 0.717) is 49.9 Å². The summed E-state index contributed by atoms with van der Waals surface area (Å²) in [7, 11) is 0. The van der Waals surface area contributed by atoms with Gasteiger partial charge in [-0.1, -0.05) is 0 Å². The smallest absolute Gasteiger partial charge is 0.378 e. The van der Waals surface area contributed by atoms with Crippen molar-refractivity contribution in [1.29, 1.82) is 0 Å². The quantitative estimate of drug-likeness (QED) is 0.531. The first-order valence-electron chi connectivity index (χ1n) is 9.32. The van der Waals surface area contributed by atoms with E-state index in [4.69, 9.17) is 4.74 Å². The van der Waals surface area contributed by atoms with Gasteiger partial charge in [0.05, 0.1) is 48.5 Å². The number of hydrogen-bond acceptors (Lipinski definition) is 7. The fourth-order valence-corrected chi connectivity index (χ4v) is 3.09. The number of ether oxygens (including phenoxy) is 1. The molecule has 3 heterocycles. The van der Waals surface area contributed by atoms with Crippen LogP contribution in [0.1, 0.15) is 29.5 Å². The standard InChI is InChI=1S/C17H23N7O5/c1-3-22-16(17(26)21-6-8-29-9-7-21)13(11-18-22)19-15(25)4-5-23-12(2)10-14(20-23)24(27)28/h10-11H,3-9H2,1-2H3,(H,19,25). The molecule has 12 heteroatoms. The molecule has 3 rings (SSSR count). The molecule has 0 aromatic carbocycles. The van der Waals surface area contributed by atoms with Crippen molar-refractivity contribution in [2.45, 2.75) is 33.4 Å². The van der Waals surface area contributed by atoms with Gasteiger partial charge in [-0.3, -0.25) is 14.3 Å². The number of aryl methyl sites for hydroxylation is 3. The van der Waals surface area contributed by atoms with Crippen molar-refractivity contribution in [3.63, 3.8) is 0 Å². The third-order valence-corrected chi connectivity index (χ3v) is 4.62. The van der Waals surface area contributed by atoms with Crippen LogP contribution in [0.5, 0.6) is 0 Å². The van der Waals surface area contributed by atoms with Crippen molar-refractivity contribution in [3.8, 4) is 0 Å². The SMILES string of the molecule is CCn1ncc(NC(=O)CCn2nc([N+](=O)[O-])cc2C)c1C(=O)N1CCOCC1. The van der Waals surface area contributed by atoms with Crippen LogP contribution in [-0.4, -0.2) is 67.5 Å². The summed E-state index contributed by atoms with van der Waals surface area (Å²) in [6, 6.07) is 1.35. The number of nitrogens with zero attached hydrogens (tertiary/aromatic N) is 6. The molecule has 29 heavy (non-hydrogen) atoms. The molecule has 1 aliphatic heterocycles. The van der Waals surface area contributed by atoms with E-state index >= 15 is 0 Å². The Balaban J connectivity index is 1.68. The van der Waals surface area contributed by atoms with E-state index in [-0.39, 0.29) is 30.6 Å². The molecule has 0 bridgehead atoms. The third kappa shape index (κ3) is 4.59. The molecule has 1 N–H and O–H groups in total. The Morgan fingerprint density at radius 3 is 2.66 bits per heavy atom. The topological polar surface area (TPSA) is 137 Å². The predicted octanol–water partition coefficient (Wildman–Crippen LogP) is 0.817. The van der Waals surface area contributed by atoms with Gasteiger partial charge in [-0.15, -0.1) is 0 Å². The van der Waals surface area contributed by atoms with Crippen LogP contribution in [0.3, 0.4) is 0 Å². The normalized spacial score (nSPS) is 14.1. The number of rotatable bonds is 7. The van der Waals surface area contributed by atoms with Gasteiger partial charge in [-0.05, 0) is 18.8 Å². The summed E-state index contributed by atoms with van der Waals surface area (Å²) < 4.78 is 8.24. The Morgan fingerprint density at radius 1 is 1.31 bits per heavy atom. The second-order valence-corrected chi connectivity index (χ2v) is 6.55. The number of amides is 2. The van der Waals surface area contributed by atoms with Crippen molar-refractivity contribution in [2.24, 2.45) is 0 Å². The lowest BCUT2D eigenvalue weighted by Gasteiger charge is -2.27. The first kappa shape index (κ1) is 20.5. The monoisotopic (exact) mass is 405 g/mol. The fourth-order valence-electron chi connectivity index (χ4n) is 3.09. The minimum atomic E-state index is -0.577. The van der Waals surface area contributed by atoms with Gasteiger partial charge >= 0.3 is 5.82 Å². The van der Waals surface area contributed by atoms with Gasteiger partial charge < -0.3 is 25.1 Å². The second-order valence-electron chi connectivity index (χ2n) is 6.55. The van der Waals surface area contributed by atoms with Crippen LogP contribution in [0.15, 0.2) is 12.3 Å². The molecule has 0 radical (unpaired) electrons. The zero-order valence-corrected chi connectivity index (χ0v) is 16.3. The minimum absolute atomic E-state index is 0.0438. The molecule has 0 saturated carbocycles. The third-order valence-electron chi connectivity index (χ3n) is 4.62. The molecule has 0 spiro atoms. The average molecular weight is 405 g/mol. The lowest BCUT2D eigenvalue weighted by atomic mass is 10.2. The van der Waals surface area contributed by atoms with Crippen molar-refractivity contribution in [1.82, 2.24) is 24.5 Å². The van der Waals surface area contributed by atoms with Crippen LogP contribution in [0.2, 0.25) is 0 Å². The van der Waals surface area contributed by atoms with E-state index < -0.39 is 4.92 Å². The van der Waals surface area contributed by atoms with Crippen molar-refractivity contribution in [2.75, 3.05) is 31.6 Å². The summed E-state index contributed by atoms with van der Waals surface area (Å²) in [5.41, 5.74) is 1.26. The highest BCUT2D eigenvalue weighted by molar-refractivity contribution is 6.02. The number of hydrogen-bond donors (Lipinski definition) is 1. The molecule has 0 atom stereocenters. The van der Waals surface area contributed by atoms with Gasteiger partial charge in [-0.2, -0.15) is 9.78 Å². The number of anilines is 1. The van der Waals surface area contributed by atoms with E-state index in [1.165, 1.54) is 16.9 Å². The molecule has 12 nitrogen and oxygen atoms in total. The van der Waals surface area contributed by atoms with E-state index in [9.17, 15) is 19.7 Å². The van der Waals surface area contributed by atoms with E-state index in [2.05, 4.69) is 15.5 Å². The molecular weight excluding hydrogens is 382 g/mol. The average Bonchev–Trinajstić information content (AvgIpc) is 3.29. The summed E-state index contributed by atoms with van der Waals surface area (Å²) in [4.78, 5) is 37.2. The van der Waals surface area contributed by atoms with Crippen LogP contribution in [0, 0.1) is 17.0 Å². The lowest BCUT2D eigenvalue weighted by Crippen LogP contribution is -2.41. The van der Waals surface area contributed by atoms with Gasteiger partial charge in [-0.25, -0.2) is 0 Å². The molecule has 2 aromatic heterocycles. The maximum atomic E-state index is 12.9. The first-order chi connectivity index (χ1) is 13.9. The highest BCUT2D eigenvalue weighted by atomic mass is 16.6. The maximum absolute atomic E-state index is 12.9. The van der Waals surface area contributed by atoms with Gasteiger partial charge in [0, 0.05) is 26.1 Å². The van der Waals surface area contributed by atoms with E-state index in [1.54, 1.807) is 16.5 Å². The Hall–Kier alpha value is -3.28. The number of carbonyl (C=O) groups is 2. The highest BCUT2D eigenvalue weighted by Gasteiger charge is 2.26. The summed E-state index contributed by atoms with van der Waals surface area (Å²) in [6.45, 7) is 6.13. The van der Waals surface area contributed by atoms with Crippen LogP contribution >= 0.6 is 0 Å². The van der Waals surface area contributed by atoms with Gasteiger partial charge in [0.25, 0.3) is 5.91 Å². The van der Waals surface area contributed by atoms with Crippen LogP contribution in [0.4, 0.5) is 11.5 Å². The molecule has 156 valence electrons. The largest absolute Gasteiger partial charge is 0.390 e. The molecule has 1 saturated heterocycles. The molecule has 1 fully saturated rings. The van der Waals surface area contributed by atoms with Crippen LogP contribution in [-0.2, 0) is 22.6 Å². The second kappa shape index (κ2) is 8.82. The summed E-state index contributed by atoms with van der Waals surface area (Å²) in [5, 5.41) is 21.6. The Labute approximate surface area is 166 Å². The van der Waals surface area contributed by atoms with E-state index in [0.717, 1.165) is 0 Å². The number of nitrogens with one attached hydrogen (secondary N) is 1. The van der Waals surface area contributed by atoms with Gasteiger partial charge in [0.1, 0.15) is 5.69 Å². The molecule has 2 aromatic rings. The molecular formula is C17H23N7O5. The summed E-state index contributed by atoms with van der Waals surface area (Å²) in [6.07, 6.45) is 1.50. The summed E-state index contributed by atoms with van der Waals surface area (Å²) >= 11 is 0. The van der Waals surface area contributed by atoms with Crippen LogP contribution in [0.25, 0.3) is 0 Å².